The van der Waals surface area contributed by atoms with Gasteiger partial charge in [0.05, 0.1) is 52.9 Å². The molecule has 12 heteroatoms. The summed E-state index contributed by atoms with van der Waals surface area (Å²) < 4.78 is 42.1. The van der Waals surface area contributed by atoms with Gasteiger partial charge in [-0.3, -0.25) is 0 Å². The van der Waals surface area contributed by atoms with Crippen molar-refractivity contribution in [1.82, 2.24) is 10.6 Å². The number of aliphatic hydroxyl groups excluding tert-OH is 3. The first-order chi connectivity index (χ1) is 36.3. The molecule has 1 aliphatic rings. The number of carbonyl (C=O) groups is 1. The van der Waals surface area contributed by atoms with Crippen molar-refractivity contribution in [1.29, 1.82) is 0 Å². The third-order valence-corrected chi connectivity index (χ3v) is 13.3. The number of rotatable bonds is 26. The van der Waals surface area contributed by atoms with Crippen molar-refractivity contribution in [3.63, 3.8) is 0 Å². The second-order valence-corrected chi connectivity index (χ2v) is 18.8. The van der Waals surface area contributed by atoms with Crippen LogP contribution in [0.4, 0.5) is 4.79 Å². The minimum atomic E-state index is -1.51. The number of aliphatic hydroxyl groups is 3. The number of hydrogen-bond donors (Lipinski definition) is 5. The zero-order valence-electron chi connectivity index (χ0n) is 42.0. The molecule has 0 unspecified atom stereocenters. The lowest BCUT2D eigenvalue weighted by atomic mass is 9.87. The van der Waals surface area contributed by atoms with Gasteiger partial charge in [-0.1, -0.05) is 176 Å². The Balaban J connectivity index is 1.15. The van der Waals surface area contributed by atoms with Crippen molar-refractivity contribution < 1.29 is 48.5 Å². The third-order valence-electron chi connectivity index (χ3n) is 13.3. The Morgan fingerprint density at radius 3 is 1.51 bits per heavy atom. The predicted octanol–water partition coefficient (Wildman–Crippen LogP) is 9.14. The molecule has 8 rings (SSSR count). The van der Waals surface area contributed by atoms with E-state index in [9.17, 15) is 20.1 Å². The molecule has 5 atom stereocenters. The molecular weight excluding hydrogens is 933 g/mol. The third kappa shape index (κ3) is 15.2. The Bertz CT molecular complexity index is 2720. The Labute approximate surface area is 434 Å². The van der Waals surface area contributed by atoms with Gasteiger partial charge in [0, 0.05) is 12.1 Å². The molecule has 5 N–H and O–H groups in total. The number of ether oxygens (including phenoxy) is 6. The van der Waals surface area contributed by atoms with Crippen LogP contribution in [0, 0.1) is 6.92 Å². The van der Waals surface area contributed by atoms with Crippen LogP contribution < -0.4 is 15.4 Å². The molecule has 1 heterocycles. The first-order valence-corrected chi connectivity index (χ1v) is 25.3. The van der Waals surface area contributed by atoms with Crippen molar-refractivity contribution >= 4 is 6.03 Å². The summed E-state index contributed by atoms with van der Waals surface area (Å²) in [5, 5.41) is 34.1. The molecule has 1 fully saturated rings. The Morgan fingerprint density at radius 1 is 0.541 bits per heavy atom. The normalized spacial score (nSPS) is 17.6. The van der Waals surface area contributed by atoms with E-state index in [0.29, 0.717) is 51.6 Å². The van der Waals surface area contributed by atoms with Crippen LogP contribution in [0.5, 0.6) is 5.75 Å². The molecule has 7 aromatic carbocycles. The van der Waals surface area contributed by atoms with Gasteiger partial charge in [-0.2, -0.15) is 0 Å². The summed E-state index contributed by atoms with van der Waals surface area (Å²) in [5.41, 5.74) is 8.61. The number of benzene rings is 7. The number of nitrogens with one attached hydrogen (secondary N) is 2. The van der Waals surface area contributed by atoms with E-state index in [1.165, 1.54) is 0 Å². The SMILES string of the molecule is Cc1cc(OCc2ccccc2)c([C@@H]2O[C@H](COCc3ccccc3)[C@@H](OCc3ccccc3)[C@H](OCc3ccccc3)[C@H]2OCc2ccccc2)cc1Cc1ccc(CCNC(=O)NC(CO)(CO)CO)cc1. The fraction of sp³-hybridized carbons (Fsp3) is 0.306. The molecule has 1 saturated heterocycles. The Hall–Kier alpha value is -6.71. The molecular formula is C62H68N2O10. The predicted molar refractivity (Wildman–Crippen MR) is 284 cm³/mol. The number of carbonyl (C=O) groups excluding carboxylic acids is 1. The maximum Gasteiger partial charge on any atom is 0.315 e. The second-order valence-electron chi connectivity index (χ2n) is 18.8. The van der Waals surface area contributed by atoms with E-state index in [1.54, 1.807) is 0 Å². The standard InChI is InChI=1S/C62H68N2O10/c1-45-33-55(70-37-49-19-9-3-10-20-49)54(35-53(45)34-47-29-27-46(28-30-47)31-32-63-61(68)64-62(42-65,43-66)44-67)57-59(72-39-51-23-13-5-14-24-51)60(73-40-52-25-15-6-16-26-52)58(71-38-50-21-11-4-12-22-50)56(74-57)41-69-36-48-17-7-2-8-18-48/h2-30,33,35,56-60,65-67H,31-32,34,36-44H2,1H3,(H2,63,64,68)/t56-,57+,58-,59+,60+/m1/s1. The van der Waals surface area contributed by atoms with Crippen molar-refractivity contribution in [2.45, 2.75) is 88.9 Å². The van der Waals surface area contributed by atoms with E-state index in [0.717, 1.165) is 55.6 Å². The van der Waals surface area contributed by atoms with E-state index in [4.69, 9.17) is 28.4 Å². The van der Waals surface area contributed by atoms with E-state index in [1.807, 2.05) is 115 Å². The summed E-state index contributed by atoms with van der Waals surface area (Å²) in [6, 6.07) is 62.6. The minimum absolute atomic E-state index is 0.210. The van der Waals surface area contributed by atoms with Crippen LogP contribution in [0.15, 0.2) is 188 Å². The summed E-state index contributed by atoms with van der Waals surface area (Å²) in [6.45, 7) is 2.43. The van der Waals surface area contributed by atoms with Crippen LogP contribution in [-0.4, -0.2) is 84.3 Å². The Morgan fingerprint density at radius 2 is 1.00 bits per heavy atom. The summed E-state index contributed by atoms with van der Waals surface area (Å²) in [7, 11) is 0. The van der Waals surface area contributed by atoms with Gasteiger partial charge >= 0.3 is 6.03 Å². The Kier molecular flexibility index (Phi) is 19.9. The first kappa shape index (κ1) is 53.6. The summed E-state index contributed by atoms with van der Waals surface area (Å²) in [4.78, 5) is 12.5. The lowest BCUT2D eigenvalue weighted by Crippen LogP contribution is -2.59. The zero-order valence-corrected chi connectivity index (χ0v) is 42.0. The molecule has 2 amide bonds. The van der Waals surface area contributed by atoms with Crippen molar-refractivity contribution in [3.8, 4) is 5.75 Å². The molecule has 1 aliphatic heterocycles. The maximum atomic E-state index is 12.5. The molecule has 0 saturated carbocycles. The molecule has 7 aromatic rings. The number of urea groups is 1. The van der Waals surface area contributed by atoms with E-state index < -0.39 is 61.9 Å². The van der Waals surface area contributed by atoms with Gasteiger partial charge in [-0.25, -0.2) is 4.79 Å². The van der Waals surface area contributed by atoms with Crippen LogP contribution in [0.1, 0.15) is 61.7 Å². The first-order valence-electron chi connectivity index (χ1n) is 25.3. The topological polar surface area (TPSA) is 157 Å². The highest BCUT2D eigenvalue weighted by molar-refractivity contribution is 5.74. The summed E-state index contributed by atoms with van der Waals surface area (Å²) in [6.07, 6.45) is -2.13. The quantitative estimate of drug-likeness (QED) is 0.0355. The molecule has 74 heavy (non-hydrogen) atoms. The minimum Gasteiger partial charge on any atom is -0.489 e. The van der Waals surface area contributed by atoms with E-state index >= 15 is 0 Å². The van der Waals surface area contributed by atoms with E-state index in [-0.39, 0.29) is 13.2 Å². The number of amides is 2. The number of aryl methyl sites for hydroxylation is 1. The molecule has 0 spiro atoms. The van der Waals surface area contributed by atoms with Crippen molar-refractivity contribution in [3.05, 3.63) is 244 Å². The fourth-order valence-corrected chi connectivity index (χ4v) is 8.98. The number of hydrogen-bond acceptors (Lipinski definition) is 10. The summed E-state index contributed by atoms with van der Waals surface area (Å²) in [5.74, 6) is 0.670. The zero-order chi connectivity index (χ0) is 51.4. The van der Waals surface area contributed by atoms with Gasteiger partial charge in [0.2, 0.25) is 0 Å². The summed E-state index contributed by atoms with van der Waals surface area (Å²) >= 11 is 0. The van der Waals surface area contributed by atoms with Gasteiger partial charge < -0.3 is 54.4 Å². The molecule has 0 radical (unpaired) electrons. The van der Waals surface area contributed by atoms with Crippen molar-refractivity contribution in [2.24, 2.45) is 0 Å². The van der Waals surface area contributed by atoms with Crippen LogP contribution >= 0.6 is 0 Å². The fourth-order valence-electron chi connectivity index (χ4n) is 8.98. The molecule has 386 valence electrons. The van der Waals surface area contributed by atoms with E-state index in [2.05, 4.69) is 90.4 Å². The molecule has 0 aliphatic carbocycles. The van der Waals surface area contributed by atoms with Crippen LogP contribution in [0.2, 0.25) is 0 Å². The average molecular weight is 1000 g/mol. The maximum absolute atomic E-state index is 12.5. The van der Waals surface area contributed by atoms with Crippen LogP contribution in [-0.2, 0) is 69.6 Å². The average Bonchev–Trinajstić information content (AvgIpc) is 3.45. The van der Waals surface area contributed by atoms with Gasteiger partial charge in [0.25, 0.3) is 0 Å². The lowest BCUT2D eigenvalue weighted by Gasteiger charge is -2.46. The molecule has 0 bridgehead atoms. The van der Waals surface area contributed by atoms with Crippen molar-refractivity contribution in [2.75, 3.05) is 33.0 Å². The smallest absolute Gasteiger partial charge is 0.315 e. The van der Waals surface area contributed by atoms with Crippen LogP contribution in [0.25, 0.3) is 0 Å². The second kappa shape index (κ2) is 27.5. The monoisotopic (exact) mass is 1000 g/mol. The molecule has 0 aromatic heterocycles. The van der Waals surface area contributed by atoms with Gasteiger partial charge in [0.1, 0.15) is 48.4 Å². The van der Waals surface area contributed by atoms with Crippen LogP contribution in [0.3, 0.4) is 0 Å². The highest BCUT2D eigenvalue weighted by Gasteiger charge is 2.50. The lowest BCUT2D eigenvalue weighted by molar-refractivity contribution is -0.275. The highest BCUT2D eigenvalue weighted by atomic mass is 16.6. The molecule has 12 nitrogen and oxygen atoms in total. The van der Waals surface area contributed by atoms with Gasteiger partial charge in [0.15, 0.2) is 0 Å². The van der Waals surface area contributed by atoms with Gasteiger partial charge in [-0.05, 0) is 82.0 Å². The largest absolute Gasteiger partial charge is 0.489 e. The highest BCUT2D eigenvalue weighted by Crippen LogP contribution is 2.43. The van der Waals surface area contributed by atoms with Gasteiger partial charge in [-0.15, -0.1) is 0 Å².